The summed E-state index contributed by atoms with van der Waals surface area (Å²) in [5, 5.41) is 3.25. The fraction of sp³-hybridized carbons (Fsp3) is 0.917. The monoisotopic (exact) mass is 272 g/mol. The standard InChI is InChI=1S/C12H21FN4O2/c1-12(2,3)19-11(18)17-6-4-9(5-7-17)10(13)8-15-16-14/h9-10H,4-8H2,1-3H3. The van der Waals surface area contributed by atoms with Crippen molar-refractivity contribution in [1.82, 2.24) is 4.90 Å². The minimum absolute atomic E-state index is 0.131. The van der Waals surface area contributed by atoms with E-state index in [2.05, 4.69) is 10.0 Å². The lowest BCUT2D eigenvalue weighted by Crippen LogP contribution is -2.43. The van der Waals surface area contributed by atoms with Gasteiger partial charge < -0.3 is 9.64 Å². The van der Waals surface area contributed by atoms with E-state index in [1.807, 2.05) is 20.8 Å². The van der Waals surface area contributed by atoms with Crippen LogP contribution < -0.4 is 0 Å². The minimum atomic E-state index is -1.13. The lowest BCUT2D eigenvalue weighted by atomic mass is 9.92. The van der Waals surface area contributed by atoms with Crippen molar-refractivity contribution in [2.24, 2.45) is 11.0 Å². The lowest BCUT2D eigenvalue weighted by molar-refractivity contribution is 0.0148. The Morgan fingerprint density at radius 1 is 1.53 bits per heavy atom. The number of azide groups is 1. The molecule has 0 aromatic heterocycles. The molecule has 0 aromatic rings. The Kier molecular flexibility index (Phi) is 5.42. The average Bonchev–Trinajstić information content (AvgIpc) is 2.34. The summed E-state index contributed by atoms with van der Waals surface area (Å²) in [6.07, 6.45) is -0.337. The van der Waals surface area contributed by atoms with Gasteiger partial charge in [0.25, 0.3) is 0 Å². The van der Waals surface area contributed by atoms with Crippen LogP contribution in [-0.2, 0) is 4.74 Å². The molecule has 0 bridgehead atoms. The van der Waals surface area contributed by atoms with Crippen LogP contribution >= 0.6 is 0 Å². The van der Waals surface area contributed by atoms with Gasteiger partial charge in [0.2, 0.25) is 0 Å². The van der Waals surface area contributed by atoms with E-state index >= 15 is 0 Å². The molecule has 1 rings (SSSR count). The number of hydrogen-bond donors (Lipinski definition) is 0. The van der Waals surface area contributed by atoms with Crippen LogP contribution in [0.15, 0.2) is 5.11 Å². The van der Waals surface area contributed by atoms with Gasteiger partial charge in [-0.15, -0.1) is 0 Å². The Balaban J connectivity index is 2.40. The molecule has 1 aliphatic heterocycles. The number of alkyl halides is 1. The molecule has 7 heteroatoms. The third kappa shape index (κ3) is 5.34. The van der Waals surface area contributed by atoms with Gasteiger partial charge in [-0.1, -0.05) is 5.11 Å². The smallest absolute Gasteiger partial charge is 0.410 e. The maximum atomic E-state index is 13.7. The molecule has 1 fully saturated rings. The van der Waals surface area contributed by atoms with E-state index in [0.29, 0.717) is 25.9 Å². The molecule has 1 aliphatic rings. The lowest BCUT2D eigenvalue weighted by Gasteiger charge is -2.34. The molecular weight excluding hydrogens is 251 g/mol. The summed E-state index contributed by atoms with van der Waals surface area (Å²) in [5.41, 5.74) is 7.64. The molecular formula is C12H21FN4O2. The molecule has 6 nitrogen and oxygen atoms in total. The molecule has 108 valence electrons. The van der Waals surface area contributed by atoms with Crippen LogP contribution in [0.4, 0.5) is 9.18 Å². The van der Waals surface area contributed by atoms with Crippen molar-refractivity contribution in [1.29, 1.82) is 0 Å². The number of hydrogen-bond acceptors (Lipinski definition) is 3. The van der Waals surface area contributed by atoms with E-state index in [1.165, 1.54) is 0 Å². The molecule has 1 unspecified atom stereocenters. The Bertz CT molecular complexity index is 355. The fourth-order valence-corrected chi connectivity index (χ4v) is 2.03. The van der Waals surface area contributed by atoms with Gasteiger partial charge in [-0.05, 0) is 45.1 Å². The van der Waals surface area contributed by atoms with Crippen LogP contribution in [0.3, 0.4) is 0 Å². The van der Waals surface area contributed by atoms with E-state index in [0.717, 1.165) is 0 Å². The fourth-order valence-electron chi connectivity index (χ4n) is 2.03. The molecule has 1 saturated heterocycles. The number of likely N-dealkylation sites (tertiary alicyclic amines) is 1. The van der Waals surface area contributed by atoms with Crippen LogP contribution in [0.5, 0.6) is 0 Å². The molecule has 0 radical (unpaired) electrons. The number of piperidine rings is 1. The Morgan fingerprint density at radius 3 is 2.58 bits per heavy atom. The van der Waals surface area contributed by atoms with Gasteiger partial charge in [0.1, 0.15) is 11.8 Å². The number of ether oxygens (including phenoxy) is 1. The van der Waals surface area contributed by atoms with Crippen LogP contribution in [-0.4, -0.2) is 42.4 Å². The predicted octanol–water partition coefficient (Wildman–Crippen LogP) is 3.28. The van der Waals surface area contributed by atoms with Gasteiger partial charge in [0, 0.05) is 18.0 Å². The van der Waals surface area contributed by atoms with Crippen molar-refractivity contribution in [3.63, 3.8) is 0 Å². The molecule has 0 aromatic carbocycles. The predicted molar refractivity (Wildman–Crippen MR) is 69.4 cm³/mol. The quantitative estimate of drug-likeness (QED) is 0.449. The summed E-state index contributed by atoms with van der Waals surface area (Å²) in [7, 11) is 0. The topological polar surface area (TPSA) is 78.3 Å². The Labute approximate surface area is 112 Å². The van der Waals surface area contributed by atoms with Crippen molar-refractivity contribution in [3.8, 4) is 0 Å². The molecule has 19 heavy (non-hydrogen) atoms. The highest BCUT2D eigenvalue weighted by atomic mass is 19.1. The first-order valence-electron chi connectivity index (χ1n) is 6.46. The summed E-state index contributed by atoms with van der Waals surface area (Å²) in [5.74, 6) is -0.149. The molecule has 1 heterocycles. The molecule has 0 spiro atoms. The van der Waals surface area contributed by atoms with Crippen molar-refractivity contribution >= 4 is 6.09 Å². The minimum Gasteiger partial charge on any atom is -0.444 e. The number of amides is 1. The number of rotatable bonds is 3. The highest BCUT2D eigenvalue weighted by Gasteiger charge is 2.30. The Morgan fingerprint density at radius 2 is 2.11 bits per heavy atom. The SMILES string of the molecule is CC(C)(C)OC(=O)N1CCC(C(F)CN=[N+]=[N-])CC1. The van der Waals surface area contributed by atoms with E-state index in [1.54, 1.807) is 4.90 Å². The van der Waals surface area contributed by atoms with E-state index in [4.69, 9.17) is 10.3 Å². The second-order valence-electron chi connectivity index (χ2n) is 5.73. The summed E-state index contributed by atoms with van der Waals surface area (Å²) in [4.78, 5) is 16.0. The number of carbonyl (C=O) groups excluding carboxylic acids is 1. The van der Waals surface area contributed by atoms with Gasteiger partial charge in [-0.25, -0.2) is 9.18 Å². The molecule has 0 saturated carbocycles. The highest BCUT2D eigenvalue weighted by Crippen LogP contribution is 2.24. The van der Waals surface area contributed by atoms with Gasteiger partial charge in [-0.2, -0.15) is 0 Å². The summed E-state index contributed by atoms with van der Waals surface area (Å²) in [6, 6.07) is 0. The largest absolute Gasteiger partial charge is 0.444 e. The first kappa shape index (κ1) is 15.6. The molecule has 0 aliphatic carbocycles. The first-order valence-corrected chi connectivity index (χ1v) is 6.46. The molecule has 1 amide bonds. The normalized spacial score (nSPS) is 18.6. The van der Waals surface area contributed by atoms with Crippen molar-refractivity contribution in [3.05, 3.63) is 10.4 Å². The summed E-state index contributed by atoms with van der Waals surface area (Å²) >= 11 is 0. The van der Waals surface area contributed by atoms with Crippen molar-refractivity contribution in [2.45, 2.75) is 45.4 Å². The van der Waals surface area contributed by atoms with Crippen LogP contribution in [0, 0.1) is 5.92 Å². The third-order valence-corrected chi connectivity index (χ3v) is 3.02. The highest BCUT2D eigenvalue weighted by molar-refractivity contribution is 5.68. The van der Waals surface area contributed by atoms with E-state index < -0.39 is 11.8 Å². The summed E-state index contributed by atoms with van der Waals surface area (Å²) < 4.78 is 18.9. The summed E-state index contributed by atoms with van der Waals surface area (Å²) in [6.45, 7) is 6.28. The second kappa shape index (κ2) is 6.61. The first-order chi connectivity index (χ1) is 8.83. The average molecular weight is 272 g/mol. The Hall–Kier alpha value is -1.49. The van der Waals surface area contributed by atoms with Gasteiger partial charge >= 0.3 is 6.09 Å². The zero-order valence-electron chi connectivity index (χ0n) is 11.7. The van der Waals surface area contributed by atoms with Crippen LogP contribution in [0.1, 0.15) is 33.6 Å². The maximum absolute atomic E-state index is 13.7. The van der Waals surface area contributed by atoms with Crippen LogP contribution in [0.25, 0.3) is 10.4 Å². The maximum Gasteiger partial charge on any atom is 0.410 e. The van der Waals surface area contributed by atoms with Gasteiger partial charge in [0.15, 0.2) is 0 Å². The third-order valence-electron chi connectivity index (χ3n) is 3.02. The van der Waals surface area contributed by atoms with Gasteiger partial charge in [0.05, 0.1) is 6.54 Å². The zero-order valence-corrected chi connectivity index (χ0v) is 11.7. The number of halogens is 1. The molecule has 0 N–H and O–H groups in total. The van der Waals surface area contributed by atoms with E-state index in [-0.39, 0.29) is 18.6 Å². The molecule has 1 atom stereocenters. The second-order valence-corrected chi connectivity index (χ2v) is 5.73. The number of carbonyl (C=O) groups is 1. The number of nitrogens with zero attached hydrogens (tertiary/aromatic N) is 4. The van der Waals surface area contributed by atoms with Crippen molar-refractivity contribution < 1.29 is 13.9 Å². The van der Waals surface area contributed by atoms with Crippen molar-refractivity contribution in [2.75, 3.05) is 19.6 Å². The van der Waals surface area contributed by atoms with Crippen LogP contribution in [0.2, 0.25) is 0 Å². The van der Waals surface area contributed by atoms with E-state index in [9.17, 15) is 9.18 Å². The van der Waals surface area contributed by atoms with Gasteiger partial charge in [-0.3, -0.25) is 0 Å². The zero-order chi connectivity index (χ0) is 14.5.